The van der Waals surface area contributed by atoms with E-state index in [0.717, 1.165) is 32.4 Å². The number of aromatic nitrogens is 1. The van der Waals surface area contributed by atoms with Crippen LogP contribution >= 0.6 is 0 Å². The van der Waals surface area contributed by atoms with Gasteiger partial charge >= 0.3 is 7.40 Å². The van der Waals surface area contributed by atoms with E-state index in [9.17, 15) is 8.63 Å². The molecule has 162 valence electrons. The van der Waals surface area contributed by atoms with Crippen molar-refractivity contribution in [3.63, 3.8) is 0 Å². The average molecular weight is 437 g/mol. The molecule has 33 heavy (non-hydrogen) atoms. The van der Waals surface area contributed by atoms with E-state index in [0.29, 0.717) is 22.5 Å². The van der Waals surface area contributed by atoms with Crippen LogP contribution in [0.3, 0.4) is 0 Å². The number of para-hydroxylation sites is 1. The van der Waals surface area contributed by atoms with E-state index >= 15 is 0 Å². The molecule has 0 aliphatic carbocycles. The monoisotopic (exact) mass is 437 g/mol. The molecule has 0 saturated carbocycles. The first-order chi connectivity index (χ1) is 16.0. The summed E-state index contributed by atoms with van der Waals surface area (Å²) < 4.78 is 29.7. The molecule has 0 radical (unpaired) electrons. The van der Waals surface area contributed by atoms with E-state index in [1.165, 1.54) is 0 Å². The van der Waals surface area contributed by atoms with Gasteiger partial charge in [-0.2, -0.15) is 0 Å². The highest BCUT2D eigenvalue weighted by Gasteiger charge is 2.27. The van der Waals surface area contributed by atoms with Gasteiger partial charge in [-0.3, -0.25) is 8.63 Å². The highest BCUT2D eigenvalue weighted by atomic mass is 19.2. The average Bonchev–Trinajstić information content (AvgIpc) is 3.45. The Morgan fingerprint density at radius 2 is 1.55 bits per heavy atom. The molecule has 0 unspecified atom stereocenters. The second kappa shape index (κ2) is 8.55. The number of benzene rings is 3. The minimum atomic E-state index is -2.67. The van der Waals surface area contributed by atoms with Crippen molar-refractivity contribution in [3.8, 4) is 0 Å². The molecule has 0 N–H and O–H groups in total. The first-order valence-electron chi connectivity index (χ1n) is 10.8. The van der Waals surface area contributed by atoms with Crippen LogP contribution in [0.5, 0.6) is 0 Å². The number of fused-ring (bicyclic) bond motifs is 1. The zero-order chi connectivity index (χ0) is 22.9. The minimum Gasteiger partial charge on any atom is -0.378 e. The number of hydrogen-bond donors (Lipinski definition) is 0. The highest BCUT2D eigenvalue weighted by molar-refractivity contribution is 6.43. The Balaban J connectivity index is 1.70. The summed E-state index contributed by atoms with van der Waals surface area (Å²) in [6.45, 7) is 0. The van der Waals surface area contributed by atoms with E-state index in [2.05, 4.69) is 0 Å². The van der Waals surface area contributed by atoms with Crippen LogP contribution in [-0.4, -0.2) is 31.7 Å². The molecule has 6 heteroatoms. The highest BCUT2D eigenvalue weighted by Crippen LogP contribution is 2.35. The summed E-state index contributed by atoms with van der Waals surface area (Å²) in [5.41, 5.74) is 6.03. The smallest absolute Gasteiger partial charge is 0.378 e. The fraction of sp³-hybridized carbons (Fsp3) is 0.0741. The predicted octanol–water partition coefficient (Wildman–Crippen LogP) is 6.30. The van der Waals surface area contributed by atoms with Crippen molar-refractivity contribution in [2.24, 2.45) is 4.99 Å². The van der Waals surface area contributed by atoms with E-state index < -0.39 is 7.40 Å². The van der Waals surface area contributed by atoms with Crippen LogP contribution in [0.15, 0.2) is 108 Å². The molecule has 5 rings (SSSR count). The molecule has 0 spiro atoms. The topological polar surface area (TPSA) is 20.5 Å². The first-order valence-corrected chi connectivity index (χ1v) is 10.8. The lowest BCUT2D eigenvalue weighted by Gasteiger charge is -2.13. The summed E-state index contributed by atoms with van der Waals surface area (Å²) in [6, 6.07) is 26.8. The van der Waals surface area contributed by atoms with Gasteiger partial charge in [0.2, 0.25) is 0 Å². The van der Waals surface area contributed by atoms with Gasteiger partial charge in [-0.15, -0.1) is 0 Å². The summed E-state index contributed by atoms with van der Waals surface area (Å²) in [5, 5.41) is 0.771. The summed E-state index contributed by atoms with van der Waals surface area (Å²) >= 11 is 0. The fourth-order valence-corrected chi connectivity index (χ4v) is 4.20. The first kappa shape index (κ1) is 20.9. The molecule has 1 aliphatic rings. The molecule has 0 fully saturated rings. The number of rotatable bonds is 5. The summed E-state index contributed by atoms with van der Waals surface area (Å²) in [6.07, 6.45) is 3.85. The zero-order valence-corrected chi connectivity index (χ0v) is 18.4. The molecule has 1 aliphatic heterocycles. The number of allylic oxidation sites excluding steroid dienone is 2. The lowest BCUT2D eigenvalue weighted by atomic mass is 9.99. The van der Waals surface area contributed by atoms with Crippen molar-refractivity contribution in [2.75, 3.05) is 19.0 Å². The molecule has 3 nitrogen and oxygen atoms in total. The van der Waals surface area contributed by atoms with Crippen LogP contribution in [0, 0.1) is 0 Å². The van der Waals surface area contributed by atoms with Gasteiger partial charge in [-0.1, -0.05) is 60.7 Å². The fourth-order valence-electron chi connectivity index (χ4n) is 4.20. The van der Waals surface area contributed by atoms with Crippen LogP contribution in [0.25, 0.3) is 16.5 Å². The van der Waals surface area contributed by atoms with Gasteiger partial charge in [0.15, 0.2) is 0 Å². The number of anilines is 1. The molecule has 3 aromatic carbocycles. The van der Waals surface area contributed by atoms with E-state index in [1.807, 2.05) is 104 Å². The van der Waals surface area contributed by atoms with Crippen LogP contribution in [0.4, 0.5) is 14.3 Å². The molecule has 0 bridgehead atoms. The van der Waals surface area contributed by atoms with E-state index in [4.69, 9.17) is 4.99 Å². The Morgan fingerprint density at radius 3 is 2.24 bits per heavy atom. The van der Waals surface area contributed by atoms with Gasteiger partial charge in [0.25, 0.3) is 0 Å². The van der Waals surface area contributed by atoms with Crippen LogP contribution in [0.1, 0.15) is 16.8 Å². The van der Waals surface area contributed by atoms with E-state index in [1.54, 1.807) is 12.1 Å². The number of hydrogen-bond acceptors (Lipinski definition) is 2. The van der Waals surface area contributed by atoms with Gasteiger partial charge in [0, 0.05) is 42.1 Å². The molecular formula is C27H22BF2N3. The Morgan fingerprint density at radius 1 is 0.848 bits per heavy atom. The maximum absolute atomic E-state index is 14.3. The third-order valence-electron chi connectivity index (χ3n) is 5.84. The van der Waals surface area contributed by atoms with Crippen molar-refractivity contribution < 1.29 is 8.63 Å². The SMILES string of the molecule is CN(C)c1ccc(C2=N/C(=C(/c3ccccc3)c3cc4ccccc4n3B(F)F)C=C2)cc1. The van der Waals surface area contributed by atoms with Gasteiger partial charge < -0.3 is 9.38 Å². The minimum absolute atomic E-state index is 0.449. The van der Waals surface area contributed by atoms with Gasteiger partial charge in [-0.05, 0) is 47.4 Å². The molecule has 2 heterocycles. The molecule has 0 atom stereocenters. The third-order valence-corrected chi connectivity index (χ3v) is 5.84. The summed E-state index contributed by atoms with van der Waals surface area (Å²) in [4.78, 5) is 6.91. The summed E-state index contributed by atoms with van der Waals surface area (Å²) in [5.74, 6) is 0. The van der Waals surface area contributed by atoms with E-state index in [-0.39, 0.29) is 0 Å². The second-order valence-corrected chi connectivity index (χ2v) is 8.13. The normalized spacial score (nSPS) is 14.5. The van der Waals surface area contributed by atoms with Crippen LogP contribution in [0.2, 0.25) is 0 Å². The van der Waals surface area contributed by atoms with Crippen molar-refractivity contribution in [3.05, 3.63) is 120 Å². The Hall–Kier alpha value is -3.93. The maximum atomic E-state index is 14.3. The zero-order valence-electron chi connectivity index (χ0n) is 18.4. The number of aliphatic imine (C=N–C) groups is 1. The third kappa shape index (κ3) is 3.89. The lowest BCUT2D eigenvalue weighted by molar-refractivity contribution is 0.633. The quantitative estimate of drug-likeness (QED) is 0.336. The molecule has 1 aromatic heterocycles. The summed E-state index contributed by atoms with van der Waals surface area (Å²) in [7, 11) is 1.32. The Bertz CT molecular complexity index is 1400. The number of nitrogens with zero attached hydrogens (tertiary/aromatic N) is 3. The standard InChI is InChI=1S/C27H22BF2N3/c1-32(2)22-14-12-19(13-15-22)23-16-17-24(31-23)27(20-8-4-3-5-9-20)26-18-21-10-6-7-11-25(21)33(26)28(29)30/h3-18H,1-2H3/b27-24-. The number of halogens is 2. The van der Waals surface area contributed by atoms with Crippen molar-refractivity contribution in [1.82, 2.24) is 4.48 Å². The molecule has 0 saturated heterocycles. The van der Waals surface area contributed by atoms with Gasteiger partial charge in [0.05, 0.1) is 11.4 Å². The second-order valence-electron chi connectivity index (χ2n) is 8.13. The maximum Gasteiger partial charge on any atom is 0.678 e. The Kier molecular flexibility index (Phi) is 5.42. The van der Waals surface area contributed by atoms with Crippen LogP contribution in [-0.2, 0) is 0 Å². The van der Waals surface area contributed by atoms with Crippen molar-refractivity contribution in [2.45, 2.75) is 0 Å². The van der Waals surface area contributed by atoms with Gasteiger partial charge in [0.1, 0.15) is 0 Å². The molecule has 4 aromatic rings. The largest absolute Gasteiger partial charge is 0.678 e. The van der Waals surface area contributed by atoms with Crippen LogP contribution < -0.4 is 4.90 Å². The molecule has 0 amide bonds. The Labute approximate surface area is 192 Å². The predicted molar refractivity (Wildman–Crippen MR) is 134 cm³/mol. The van der Waals surface area contributed by atoms with Crippen molar-refractivity contribution in [1.29, 1.82) is 0 Å². The molecular weight excluding hydrogens is 415 g/mol. The lowest BCUT2D eigenvalue weighted by Crippen LogP contribution is -2.16. The van der Waals surface area contributed by atoms with Crippen molar-refractivity contribution >= 4 is 35.3 Å². The van der Waals surface area contributed by atoms with Gasteiger partial charge in [-0.25, -0.2) is 4.99 Å².